The van der Waals surface area contributed by atoms with E-state index in [0.717, 1.165) is 0 Å². The molecule has 0 fully saturated rings. The second-order valence-electron chi connectivity index (χ2n) is 6.29. The number of rotatable bonds is 5. The van der Waals surface area contributed by atoms with Gasteiger partial charge in [-0.05, 0) is 35.4 Å². The molecule has 0 unspecified atom stereocenters. The fourth-order valence-corrected chi connectivity index (χ4v) is 3.16. The molecule has 1 aliphatic heterocycles. The van der Waals surface area contributed by atoms with E-state index >= 15 is 0 Å². The summed E-state index contributed by atoms with van der Waals surface area (Å²) in [6.45, 7) is 2.51. The minimum Gasteiger partial charge on any atom is -0.454 e. The van der Waals surface area contributed by atoms with E-state index in [-0.39, 0.29) is 25.3 Å². The van der Waals surface area contributed by atoms with Crippen LogP contribution in [0.4, 0.5) is 5.69 Å². The normalized spacial score (nSPS) is 13.6. The molecule has 0 spiro atoms. The Morgan fingerprint density at radius 2 is 1.85 bits per heavy atom. The second-order valence-corrected chi connectivity index (χ2v) is 6.29. The van der Waals surface area contributed by atoms with Gasteiger partial charge in [-0.15, -0.1) is 0 Å². The van der Waals surface area contributed by atoms with E-state index in [1.54, 1.807) is 18.2 Å². The van der Waals surface area contributed by atoms with Crippen molar-refractivity contribution >= 4 is 22.4 Å². The standard InChI is InChI=1S/C21H20N2O3/c1-14(17-8-4-6-15-5-2-3-7-18(15)17)22-12-21(24)23-16-9-10-19-20(11-16)26-13-25-19/h2-11,14,22H,12-13H2,1H3,(H,23,24)/t14-/m0/s1. The van der Waals surface area contributed by atoms with E-state index in [9.17, 15) is 4.79 Å². The van der Waals surface area contributed by atoms with Crippen molar-refractivity contribution in [2.75, 3.05) is 18.7 Å². The molecule has 1 heterocycles. The zero-order valence-electron chi connectivity index (χ0n) is 14.5. The third-order valence-electron chi connectivity index (χ3n) is 4.51. The number of nitrogens with one attached hydrogen (secondary N) is 2. The maximum atomic E-state index is 12.3. The van der Waals surface area contributed by atoms with Crippen LogP contribution in [0.3, 0.4) is 0 Å². The lowest BCUT2D eigenvalue weighted by atomic mass is 10.00. The number of ether oxygens (including phenoxy) is 2. The maximum Gasteiger partial charge on any atom is 0.238 e. The second kappa shape index (κ2) is 7.06. The molecule has 2 N–H and O–H groups in total. The Hall–Kier alpha value is -3.05. The van der Waals surface area contributed by atoms with Gasteiger partial charge in [0.25, 0.3) is 0 Å². The van der Waals surface area contributed by atoms with Crippen molar-refractivity contribution < 1.29 is 14.3 Å². The Kier molecular flexibility index (Phi) is 4.46. The van der Waals surface area contributed by atoms with E-state index in [1.165, 1.54) is 16.3 Å². The molecule has 5 heteroatoms. The molecule has 0 saturated heterocycles. The van der Waals surface area contributed by atoms with Crippen molar-refractivity contribution in [3.8, 4) is 11.5 Å². The number of benzene rings is 3. The van der Waals surface area contributed by atoms with Gasteiger partial charge >= 0.3 is 0 Å². The molecule has 1 amide bonds. The van der Waals surface area contributed by atoms with Gasteiger partial charge in [-0.1, -0.05) is 42.5 Å². The molecule has 1 aliphatic rings. The van der Waals surface area contributed by atoms with Crippen LogP contribution in [0.1, 0.15) is 18.5 Å². The van der Waals surface area contributed by atoms with Crippen LogP contribution < -0.4 is 20.1 Å². The summed E-state index contributed by atoms with van der Waals surface area (Å²) in [7, 11) is 0. The lowest BCUT2D eigenvalue weighted by Gasteiger charge is -2.16. The first-order valence-corrected chi connectivity index (χ1v) is 8.61. The number of carbonyl (C=O) groups excluding carboxylic acids is 1. The van der Waals surface area contributed by atoms with Gasteiger partial charge < -0.3 is 20.1 Å². The minimum absolute atomic E-state index is 0.0589. The quantitative estimate of drug-likeness (QED) is 0.735. The summed E-state index contributed by atoms with van der Waals surface area (Å²) in [6, 6.07) is 19.9. The average molecular weight is 348 g/mol. The number of hydrogen-bond acceptors (Lipinski definition) is 4. The smallest absolute Gasteiger partial charge is 0.238 e. The van der Waals surface area contributed by atoms with Crippen molar-refractivity contribution in [1.82, 2.24) is 5.32 Å². The summed E-state index contributed by atoms with van der Waals surface area (Å²) in [5.41, 5.74) is 1.87. The Labute approximate surface area is 151 Å². The van der Waals surface area contributed by atoms with E-state index in [0.29, 0.717) is 17.2 Å². The first kappa shape index (κ1) is 16.4. The summed E-state index contributed by atoms with van der Waals surface area (Å²) in [5, 5.41) is 8.57. The Balaban J connectivity index is 1.39. The van der Waals surface area contributed by atoms with E-state index in [4.69, 9.17) is 9.47 Å². The maximum absolute atomic E-state index is 12.3. The third kappa shape index (κ3) is 3.34. The van der Waals surface area contributed by atoms with Crippen molar-refractivity contribution in [3.05, 3.63) is 66.2 Å². The zero-order valence-corrected chi connectivity index (χ0v) is 14.5. The number of anilines is 1. The molecule has 1 atom stereocenters. The van der Waals surface area contributed by atoms with Crippen LogP contribution in [-0.2, 0) is 4.79 Å². The van der Waals surface area contributed by atoms with Gasteiger partial charge in [-0.2, -0.15) is 0 Å². The third-order valence-corrected chi connectivity index (χ3v) is 4.51. The van der Waals surface area contributed by atoms with Gasteiger partial charge in [0.05, 0.1) is 6.54 Å². The van der Waals surface area contributed by atoms with Crippen LogP contribution in [0.2, 0.25) is 0 Å². The van der Waals surface area contributed by atoms with Crippen molar-refractivity contribution in [1.29, 1.82) is 0 Å². The van der Waals surface area contributed by atoms with Gasteiger partial charge in [0, 0.05) is 17.8 Å². The fourth-order valence-electron chi connectivity index (χ4n) is 3.16. The fraction of sp³-hybridized carbons (Fsp3) is 0.190. The first-order chi connectivity index (χ1) is 12.7. The van der Waals surface area contributed by atoms with Crippen LogP contribution in [0.25, 0.3) is 10.8 Å². The summed E-state index contributed by atoms with van der Waals surface area (Å²) in [5.74, 6) is 1.25. The predicted octanol–water partition coefficient (Wildman–Crippen LogP) is 3.86. The monoisotopic (exact) mass is 348 g/mol. The average Bonchev–Trinajstić information content (AvgIpc) is 3.13. The highest BCUT2D eigenvalue weighted by Gasteiger charge is 2.15. The SMILES string of the molecule is C[C@H](NCC(=O)Nc1ccc2c(c1)OCO2)c1cccc2ccccc12. The Morgan fingerprint density at radius 3 is 2.77 bits per heavy atom. The summed E-state index contributed by atoms with van der Waals surface area (Å²) < 4.78 is 10.6. The summed E-state index contributed by atoms with van der Waals surface area (Å²) in [6.07, 6.45) is 0. The van der Waals surface area contributed by atoms with E-state index < -0.39 is 0 Å². The summed E-state index contributed by atoms with van der Waals surface area (Å²) in [4.78, 5) is 12.3. The molecule has 132 valence electrons. The van der Waals surface area contributed by atoms with Gasteiger partial charge in [-0.3, -0.25) is 4.79 Å². The number of fused-ring (bicyclic) bond motifs is 2. The lowest BCUT2D eigenvalue weighted by molar-refractivity contribution is -0.115. The van der Waals surface area contributed by atoms with Gasteiger partial charge in [-0.25, -0.2) is 0 Å². The van der Waals surface area contributed by atoms with Crippen LogP contribution in [0, 0.1) is 0 Å². The molecule has 26 heavy (non-hydrogen) atoms. The minimum atomic E-state index is -0.101. The highest BCUT2D eigenvalue weighted by Crippen LogP contribution is 2.34. The lowest BCUT2D eigenvalue weighted by Crippen LogP contribution is -2.30. The molecular formula is C21H20N2O3. The molecule has 0 aliphatic carbocycles. The van der Waals surface area contributed by atoms with Crippen LogP contribution >= 0.6 is 0 Å². The number of carbonyl (C=O) groups is 1. The van der Waals surface area contributed by atoms with Crippen LogP contribution in [-0.4, -0.2) is 19.2 Å². The van der Waals surface area contributed by atoms with Gasteiger partial charge in [0.1, 0.15) is 0 Å². The number of amides is 1. The van der Waals surface area contributed by atoms with Gasteiger partial charge in [0.2, 0.25) is 12.7 Å². The van der Waals surface area contributed by atoms with E-state index in [1.807, 2.05) is 18.2 Å². The molecule has 5 nitrogen and oxygen atoms in total. The molecule has 0 radical (unpaired) electrons. The van der Waals surface area contributed by atoms with Crippen molar-refractivity contribution in [3.63, 3.8) is 0 Å². The Morgan fingerprint density at radius 1 is 1.04 bits per heavy atom. The van der Waals surface area contributed by atoms with E-state index in [2.05, 4.69) is 41.8 Å². The largest absolute Gasteiger partial charge is 0.454 e. The molecular weight excluding hydrogens is 328 g/mol. The topological polar surface area (TPSA) is 59.6 Å². The van der Waals surface area contributed by atoms with Crippen LogP contribution in [0.15, 0.2) is 60.7 Å². The molecule has 0 saturated carbocycles. The number of hydrogen-bond donors (Lipinski definition) is 2. The Bertz CT molecular complexity index is 950. The molecule has 3 aromatic rings. The molecule has 3 aromatic carbocycles. The predicted molar refractivity (Wildman–Crippen MR) is 102 cm³/mol. The van der Waals surface area contributed by atoms with Crippen molar-refractivity contribution in [2.24, 2.45) is 0 Å². The van der Waals surface area contributed by atoms with Crippen molar-refractivity contribution in [2.45, 2.75) is 13.0 Å². The molecule has 0 bridgehead atoms. The van der Waals surface area contributed by atoms with Crippen LogP contribution in [0.5, 0.6) is 11.5 Å². The highest BCUT2D eigenvalue weighted by molar-refractivity contribution is 5.92. The summed E-state index contributed by atoms with van der Waals surface area (Å²) >= 11 is 0. The molecule has 4 rings (SSSR count). The molecule has 0 aromatic heterocycles. The highest BCUT2D eigenvalue weighted by atomic mass is 16.7. The first-order valence-electron chi connectivity index (χ1n) is 8.61. The van der Waals surface area contributed by atoms with Gasteiger partial charge in [0.15, 0.2) is 11.5 Å². The zero-order chi connectivity index (χ0) is 17.9.